The van der Waals surface area contributed by atoms with Gasteiger partial charge in [-0.3, -0.25) is 4.79 Å². The second-order valence-corrected chi connectivity index (χ2v) is 5.03. The molecule has 1 aromatic carbocycles. The van der Waals surface area contributed by atoms with Gasteiger partial charge in [-0.15, -0.1) is 0 Å². The van der Waals surface area contributed by atoms with Crippen LogP contribution in [0.15, 0.2) is 18.2 Å². The molecule has 2 N–H and O–H groups in total. The van der Waals surface area contributed by atoms with E-state index >= 15 is 0 Å². The van der Waals surface area contributed by atoms with Crippen LogP contribution < -0.4 is 10.6 Å². The average Bonchev–Trinajstić information content (AvgIpc) is 2.70. The molecule has 0 spiro atoms. The molecule has 0 aliphatic carbocycles. The molecule has 1 amide bonds. The smallest absolute Gasteiger partial charge is 0.229 e. The lowest BCUT2D eigenvalue weighted by Crippen LogP contribution is -2.27. The van der Waals surface area contributed by atoms with E-state index in [-0.39, 0.29) is 11.8 Å². The predicted molar refractivity (Wildman–Crippen MR) is 70.1 cm³/mol. The fourth-order valence-electron chi connectivity index (χ4n) is 2.22. The summed E-state index contributed by atoms with van der Waals surface area (Å²) in [4.78, 5) is 12.1. The summed E-state index contributed by atoms with van der Waals surface area (Å²) in [5, 5.41) is 6.25. The molecule has 0 aromatic heterocycles. The van der Waals surface area contributed by atoms with Crippen molar-refractivity contribution in [2.24, 2.45) is 11.8 Å². The molecule has 1 aromatic rings. The average molecular weight is 232 g/mol. The predicted octanol–water partition coefficient (Wildman–Crippen LogP) is 2.10. The number of amides is 1. The minimum atomic E-state index is 0.0941. The van der Waals surface area contributed by atoms with Crippen molar-refractivity contribution < 1.29 is 4.79 Å². The maximum absolute atomic E-state index is 12.1. The van der Waals surface area contributed by atoms with Crippen LogP contribution >= 0.6 is 0 Å². The van der Waals surface area contributed by atoms with Crippen LogP contribution in [0.1, 0.15) is 18.1 Å². The van der Waals surface area contributed by atoms with Crippen molar-refractivity contribution in [1.29, 1.82) is 0 Å². The van der Waals surface area contributed by atoms with E-state index in [9.17, 15) is 4.79 Å². The Bertz CT molecular complexity index is 428. The van der Waals surface area contributed by atoms with E-state index in [1.165, 1.54) is 11.1 Å². The molecule has 1 aliphatic heterocycles. The highest BCUT2D eigenvalue weighted by atomic mass is 16.1. The highest BCUT2D eigenvalue weighted by molar-refractivity contribution is 5.93. The molecule has 1 aliphatic rings. The third-order valence-corrected chi connectivity index (χ3v) is 3.63. The molecule has 2 atom stereocenters. The zero-order chi connectivity index (χ0) is 12.4. The number of carbonyl (C=O) groups excluding carboxylic acids is 1. The van der Waals surface area contributed by atoms with Crippen molar-refractivity contribution in [3.05, 3.63) is 29.3 Å². The number of benzene rings is 1. The fourth-order valence-corrected chi connectivity index (χ4v) is 2.22. The summed E-state index contributed by atoms with van der Waals surface area (Å²) in [6.45, 7) is 7.97. The van der Waals surface area contributed by atoms with Gasteiger partial charge in [0.25, 0.3) is 0 Å². The summed E-state index contributed by atoms with van der Waals surface area (Å²) in [6, 6.07) is 6.04. The summed E-state index contributed by atoms with van der Waals surface area (Å²) in [6.07, 6.45) is 0. The van der Waals surface area contributed by atoms with Crippen LogP contribution in [0, 0.1) is 25.7 Å². The number of anilines is 1. The second-order valence-electron chi connectivity index (χ2n) is 5.03. The highest BCUT2D eigenvalue weighted by Crippen LogP contribution is 2.19. The monoisotopic (exact) mass is 232 g/mol. The van der Waals surface area contributed by atoms with Gasteiger partial charge in [-0.1, -0.05) is 13.0 Å². The molecular formula is C14H20N2O. The molecule has 17 heavy (non-hydrogen) atoms. The molecule has 1 saturated heterocycles. The summed E-state index contributed by atoms with van der Waals surface area (Å²) < 4.78 is 0. The van der Waals surface area contributed by atoms with Crippen molar-refractivity contribution in [1.82, 2.24) is 5.32 Å². The van der Waals surface area contributed by atoms with E-state index in [2.05, 4.69) is 31.4 Å². The molecule has 1 heterocycles. The Labute approximate surface area is 103 Å². The normalized spacial score (nSPS) is 23.7. The number of rotatable bonds is 2. The summed E-state index contributed by atoms with van der Waals surface area (Å²) in [5.41, 5.74) is 3.36. The van der Waals surface area contributed by atoms with Crippen molar-refractivity contribution >= 4 is 11.6 Å². The van der Waals surface area contributed by atoms with Crippen LogP contribution in [0.3, 0.4) is 0 Å². The van der Waals surface area contributed by atoms with E-state index in [0.717, 1.165) is 18.8 Å². The van der Waals surface area contributed by atoms with Gasteiger partial charge in [-0.25, -0.2) is 0 Å². The van der Waals surface area contributed by atoms with Gasteiger partial charge in [-0.05, 0) is 49.6 Å². The number of hydrogen-bond donors (Lipinski definition) is 2. The van der Waals surface area contributed by atoms with Crippen LogP contribution in [0.2, 0.25) is 0 Å². The maximum atomic E-state index is 12.1. The van der Waals surface area contributed by atoms with Crippen LogP contribution in [0.4, 0.5) is 5.69 Å². The Balaban J connectivity index is 2.05. The first-order valence-electron chi connectivity index (χ1n) is 6.17. The third-order valence-electron chi connectivity index (χ3n) is 3.63. The minimum Gasteiger partial charge on any atom is -0.326 e. The fraction of sp³-hybridized carbons (Fsp3) is 0.500. The molecule has 92 valence electrons. The first kappa shape index (κ1) is 12.1. The van der Waals surface area contributed by atoms with Gasteiger partial charge in [0, 0.05) is 12.2 Å². The lowest BCUT2D eigenvalue weighted by molar-refractivity contribution is -0.120. The van der Waals surface area contributed by atoms with E-state index in [0.29, 0.717) is 5.92 Å². The molecule has 0 radical (unpaired) electrons. The zero-order valence-corrected chi connectivity index (χ0v) is 10.7. The molecular weight excluding hydrogens is 212 g/mol. The van der Waals surface area contributed by atoms with E-state index in [1.54, 1.807) is 0 Å². The van der Waals surface area contributed by atoms with E-state index < -0.39 is 0 Å². The number of nitrogens with one attached hydrogen (secondary N) is 2. The van der Waals surface area contributed by atoms with Gasteiger partial charge in [0.1, 0.15) is 0 Å². The molecule has 0 bridgehead atoms. The Hall–Kier alpha value is -1.35. The van der Waals surface area contributed by atoms with E-state index in [4.69, 9.17) is 0 Å². The van der Waals surface area contributed by atoms with Gasteiger partial charge in [0.15, 0.2) is 0 Å². The molecule has 3 heteroatoms. The lowest BCUT2D eigenvalue weighted by atomic mass is 9.97. The molecule has 1 fully saturated rings. The Morgan fingerprint density at radius 1 is 1.29 bits per heavy atom. The van der Waals surface area contributed by atoms with Gasteiger partial charge < -0.3 is 10.6 Å². The molecule has 3 nitrogen and oxygen atoms in total. The molecule has 2 unspecified atom stereocenters. The van der Waals surface area contributed by atoms with Crippen molar-refractivity contribution in [2.75, 3.05) is 18.4 Å². The summed E-state index contributed by atoms with van der Waals surface area (Å²) in [7, 11) is 0. The largest absolute Gasteiger partial charge is 0.326 e. The van der Waals surface area contributed by atoms with Crippen LogP contribution in [0.25, 0.3) is 0 Å². The number of hydrogen-bond acceptors (Lipinski definition) is 2. The maximum Gasteiger partial charge on any atom is 0.229 e. The van der Waals surface area contributed by atoms with E-state index in [1.807, 2.05) is 18.2 Å². The summed E-state index contributed by atoms with van der Waals surface area (Å²) >= 11 is 0. The lowest BCUT2D eigenvalue weighted by Gasteiger charge is -2.14. The van der Waals surface area contributed by atoms with Crippen molar-refractivity contribution in [2.45, 2.75) is 20.8 Å². The van der Waals surface area contributed by atoms with Crippen LogP contribution in [-0.4, -0.2) is 19.0 Å². The van der Waals surface area contributed by atoms with Gasteiger partial charge in [0.05, 0.1) is 5.92 Å². The Morgan fingerprint density at radius 3 is 2.65 bits per heavy atom. The Morgan fingerprint density at radius 2 is 2.06 bits per heavy atom. The SMILES string of the molecule is Cc1ccc(NC(=O)C2CNCC2C)cc1C. The minimum absolute atomic E-state index is 0.0941. The third kappa shape index (κ3) is 2.67. The highest BCUT2D eigenvalue weighted by Gasteiger charge is 2.29. The number of carbonyl (C=O) groups is 1. The van der Waals surface area contributed by atoms with Crippen molar-refractivity contribution in [3.63, 3.8) is 0 Å². The van der Waals surface area contributed by atoms with Gasteiger partial charge in [-0.2, -0.15) is 0 Å². The van der Waals surface area contributed by atoms with Gasteiger partial charge >= 0.3 is 0 Å². The second kappa shape index (κ2) is 4.88. The molecule has 2 rings (SSSR count). The summed E-state index contributed by atoms with van der Waals surface area (Å²) in [5.74, 6) is 0.643. The topological polar surface area (TPSA) is 41.1 Å². The van der Waals surface area contributed by atoms with Gasteiger partial charge in [0.2, 0.25) is 5.91 Å². The quantitative estimate of drug-likeness (QED) is 0.820. The Kier molecular flexibility index (Phi) is 3.48. The first-order valence-corrected chi connectivity index (χ1v) is 6.17. The first-order chi connectivity index (χ1) is 8.08. The molecule has 0 saturated carbocycles. The zero-order valence-electron chi connectivity index (χ0n) is 10.7. The standard InChI is InChI=1S/C14H20N2O/c1-9-4-5-12(6-10(9)2)16-14(17)13-8-15-7-11(13)3/h4-6,11,13,15H,7-8H2,1-3H3,(H,16,17). The number of aryl methyl sites for hydroxylation is 2. The van der Waals surface area contributed by atoms with Crippen LogP contribution in [0.5, 0.6) is 0 Å². The van der Waals surface area contributed by atoms with Crippen LogP contribution in [-0.2, 0) is 4.79 Å². The van der Waals surface area contributed by atoms with Crippen molar-refractivity contribution in [3.8, 4) is 0 Å².